The van der Waals surface area contributed by atoms with Crippen molar-refractivity contribution in [2.45, 2.75) is 6.92 Å². The number of imide groups is 4. The van der Waals surface area contributed by atoms with Crippen molar-refractivity contribution in [1.82, 2.24) is 4.90 Å². The van der Waals surface area contributed by atoms with Crippen LogP contribution in [0.15, 0.2) is 121 Å². The fourth-order valence-electron chi connectivity index (χ4n) is 12.5. The Kier molecular flexibility index (Phi) is 7.54. The summed E-state index contributed by atoms with van der Waals surface area (Å²) in [6.07, 6.45) is 7.39. The van der Waals surface area contributed by atoms with E-state index in [1.165, 1.54) is 21.7 Å². The second kappa shape index (κ2) is 12.7. The smallest absolute Gasteiger partial charge is 0.238 e. The summed E-state index contributed by atoms with van der Waals surface area (Å²) in [5.74, 6) is -10.7. The van der Waals surface area contributed by atoms with E-state index < -0.39 is 71.0 Å². The summed E-state index contributed by atoms with van der Waals surface area (Å²) < 4.78 is 0. The van der Waals surface area contributed by atoms with Crippen LogP contribution >= 0.6 is 0 Å². The normalized spacial score (nSPS) is 33.6. The molecule has 10 aliphatic rings. The van der Waals surface area contributed by atoms with Crippen molar-refractivity contribution < 1.29 is 38.4 Å². The van der Waals surface area contributed by atoms with Crippen molar-refractivity contribution in [3.05, 3.63) is 127 Å². The number of hydrogen-bond acceptors (Lipinski definition) is 8. The molecule has 0 N–H and O–H groups in total. The minimum atomic E-state index is -0.765. The number of rotatable bonds is 5. The lowest BCUT2D eigenvalue weighted by Gasteiger charge is -2.44. The molecule has 0 radical (unpaired) electrons. The lowest BCUT2D eigenvalue weighted by Crippen LogP contribution is -2.50. The first-order chi connectivity index (χ1) is 29.9. The Labute approximate surface area is 355 Å². The zero-order valence-corrected chi connectivity index (χ0v) is 33.5. The lowest BCUT2D eigenvalue weighted by molar-refractivity contribution is -0.138. The summed E-state index contributed by atoms with van der Waals surface area (Å²) in [7, 11) is 1.46. The molecule has 2 saturated carbocycles. The number of allylic oxidation sites excluding steroid dienone is 4. The maximum atomic E-state index is 14.2. The third-order valence-electron chi connectivity index (χ3n) is 15.3. The van der Waals surface area contributed by atoms with Gasteiger partial charge in [0, 0.05) is 30.7 Å². The number of aryl methyl sites for hydroxylation is 1. The Morgan fingerprint density at radius 2 is 0.516 bits per heavy atom. The SMILES string of the molecule is Cc1ccc(-c2ccc(N3C(=O)C4C5C=CC(C4C3=O)C3C(=O)N(c4ccc(-c6ccc(N7C(=O)C8C9C=CC(C%10C(=O)N(C)C(=O)C9%10)C8C7=O)cc6)cc4)C(=O)C53)cc2)cc1. The first-order valence-corrected chi connectivity index (χ1v) is 21.1. The van der Waals surface area contributed by atoms with Crippen LogP contribution in [-0.2, 0) is 38.4 Å². The van der Waals surface area contributed by atoms with Crippen molar-refractivity contribution in [3.63, 3.8) is 0 Å². The molecule has 4 bridgehead atoms. The molecule has 4 saturated heterocycles. The van der Waals surface area contributed by atoms with Crippen LogP contribution in [0.2, 0.25) is 0 Å². The molecule has 6 aliphatic carbocycles. The van der Waals surface area contributed by atoms with Gasteiger partial charge in [0.05, 0.1) is 64.4 Å². The molecule has 12 atom stereocenters. The van der Waals surface area contributed by atoms with E-state index >= 15 is 0 Å². The third-order valence-corrected chi connectivity index (χ3v) is 15.3. The monoisotopic (exact) mass is 822 g/mol. The Hall–Kier alpha value is -7.08. The first-order valence-electron chi connectivity index (χ1n) is 21.1. The van der Waals surface area contributed by atoms with Crippen molar-refractivity contribution in [1.29, 1.82) is 0 Å². The Morgan fingerprint density at radius 3 is 0.758 bits per heavy atom. The molecule has 4 aromatic carbocycles. The molecule has 8 amide bonds. The highest BCUT2D eigenvalue weighted by atomic mass is 16.2. The fourth-order valence-corrected chi connectivity index (χ4v) is 12.5. The molecule has 12 unspecified atom stereocenters. The van der Waals surface area contributed by atoms with Gasteiger partial charge in [-0.2, -0.15) is 0 Å². The van der Waals surface area contributed by atoms with E-state index in [9.17, 15) is 38.4 Å². The highest BCUT2D eigenvalue weighted by molar-refractivity contribution is 6.27. The van der Waals surface area contributed by atoms with Crippen molar-refractivity contribution >= 4 is 64.3 Å². The number of anilines is 3. The van der Waals surface area contributed by atoms with Crippen molar-refractivity contribution in [3.8, 4) is 22.3 Å². The molecule has 4 aromatic rings. The summed E-state index contributed by atoms with van der Waals surface area (Å²) >= 11 is 0. The van der Waals surface area contributed by atoms with Crippen LogP contribution in [0, 0.1) is 77.9 Å². The number of benzene rings is 4. The van der Waals surface area contributed by atoms with Crippen molar-refractivity contribution in [2.75, 3.05) is 21.7 Å². The summed E-state index contributed by atoms with van der Waals surface area (Å²) in [6.45, 7) is 2.02. The van der Waals surface area contributed by atoms with Gasteiger partial charge >= 0.3 is 0 Å². The standard InChI is InChI=1S/C50H38N4O8/c1-23-3-5-24(6-4-23)25-7-13-28(14-8-25)53-47(59)39-33-21-22-34(40(39)48(53)60)42-41(33)49(61)54(50(42)62)30-17-11-27(12-18-30)26-9-15-29(16-10-26)52-45(57)37-31-19-20-32(38(37)46(52)58)36-35(31)43(55)51(2)44(36)56/h3-22,31-42H,1-2H3. The first kappa shape index (κ1) is 36.7. The largest absolute Gasteiger partial charge is 0.285 e. The Bertz CT molecular complexity index is 2710. The molecule has 12 heteroatoms. The van der Waals surface area contributed by atoms with E-state index in [1.807, 2.05) is 67.6 Å². The maximum Gasteiger partial charge on any atom is 0.238 e. The van der Waals surface area contributed by atoms with Crippen LogP contribution < -0.4 is 14.7 Å². The van der Waals surface area contributed by atoms with Gasteiger partial charge in [-0.15, -0.1) is 0 Å². The lowest BCUT2D eigenvalue weighted by atomic mass is 9.54. The summed E-state index contributed by atoms with van der Waals surface area (Å²) in [5.41, 5.74) is 5.90. The molecule has 0 spiro atoms. The van der Waals surface area contributed by atoms with Gasteiger partial charge in [0.1, 0.15) is 0 Å². The van der Waals surface area contributed by atoms with E-state index in [0.717, 1.165) is 32.7 Å². The Balaban J connectivity index is 0.758. The van der Waals surface area contributed by atoms with Gasteiger partial charge in [-0.05, 0) is 65.6 Å². The molecule has 306 valence electrons. The van der Waals surface area contributed by atoms with E-state index in [-0.39, 0.29) is 47.3 Å². The highest BCUT2D eigenvalue weighted by Gasteiger charge is 2.70. The number of nitrogens with zero attached hydrogens (tertiary/aromatic N) is 4. The minimum absolute atomic E-state index is 0.299. The maximum absolute atomic E-state index is 14.2. The molecule has 4 heterocycles. The Morgan fingerprint density at radius 1 is 0.306 bits per heavy atom. The highest BCUT2D eigenvalue weighted by Crippen LogP contribution is 2.60. The zero-order valence-electron chi connectivity index (χ0n) is 33.5. The van der Waals surface area contributed by atoms with Gasteiger partial charge in [0.25, 0.3) is 0 Å². The number of carbonyl (C=O) groups excluding carboxylic acids is 8. The fraction of sp³-hybridized carbons (Fsp3) is 0.280. The molecule has 4 aliphatic heterocycles. The number of carbonyl (C=O) groups is 8. The summed E-state index contributed by atoms with van der Waals surface area (Å²) in [5, 5.41) is 0. The predicted octanol–water partition coefficient (Wildman–Crippen LogP) is 5.21. The molecule has 0 aromatic heterocycles. The zero-order chi connectivity index (χ0) is 42.6. The van der Waals surface area contributed by atoms with Gasteiger partial charge in [-0.25, -0.2) is 0 Å². The number of hydrogen-bond donors (Lipinski definition) is 0. The second-order valence-electron chi connectivity index (χ2n) is 18.1. The quantitative estimate of drug-likeness (QED) is 0.197. The van der Waals surface area contributed by atoms with E-state index in [2.05, 4.69) is 0 Å². The summed E-state index contributed by atoms with van der Waals surface area (Å²) in [4.78, 5) is 115. The summed E-state index contributed by atoms with van der Waals surface area (Å²) in [6, 6.07) is 29.4. The number of amides is 8. The van der Waals surface area contributed by atoms with Crippen LogP contribution in [0.1, 0.15) is 5.56 Å². The third kappa shape index (κ3) is 4.66. The topological polar surface area (TPSA) is 150 Å². The van der Waals surface area contributed by atoms with Gasteiger partial charge in [-0.1, -0.05) is 90.5 Å². The average molecular weight is 823 g/mol. The molecule has 12 nitrogen and oxygen atoms in total. The van der Waals surface area contributed by atoms with Gasteiger partial charge in [0.2, 0.25) is 47.3 Å². The second-order valence-corrected chi connectivity index (χ2v) is 18.1. The predicted molar refractivity (Wildman–Crippen MR) is 224 cm³/mol. The molecule has 14 rings (SSSR count). The van der Waals surface area contributed by atoms with Crippen LogP contribution in [0.4, 0.5) is 17.1 Å². The van der Waals surface area contributed by atoms with Gasteiger partial charge < -0.3 is 0 Å². The van der Waals surface area contributed by atoms with Gasteiger partial charge in [-0.3, -0.25) is 58.0 Å². The van der Waals surface area contributed by atoms with Crippen LogP contribution in [-0.4, -0.2) is 59.2 Å². The van der Waals surface area contributed by atoms with Crippen LogP contribution in [0.3, 0.4) is 0 Å². The number of likely N-dealkylation sites (tertiary alicyclic amines) is 1. The van der Waals surface area contributed by atoms with Crippen LogP contribution in [0.5, 0.6) is 0 Å². The molecule has 6 fully saturated rings. The van der Waals surface area contributed by atoms with E-state index in [4.69, 9.17) is 0 Å². The molecular weight excluding hydrogens is 785 g/mol. The molecule has 62 heavy (non-hydrogen) atoms. The van der Waals surface area contributed by atoms with Crippen LogP contribution in [0.25, 0.3) is 22.3 Å². The molecular formula is C50H38N4O8. The van der Waals surface area contributed by atoms with E-state index in [0.29, 0.717) is 17.1 Å². The average Bonchev–Trinajstić information content (AvgIpc) is 3.93. The van der Waals surface area contributed by atoms with E-state index in [1.54, 1.807) is 60.7 Å². The van der Waals surface area contributed by atoms with Crippen molar-refractivity contribution in [2.24, 2.45) is 71.0 Å². The minimum Gasteiger partial charge on any atom is -0.285 e. The van der Waals surface area contributed by atoms with Gasteiger partial charge in [0.15, 0.2) is 0 Å².